The van der Waals surface area contributed by atoms with E-state index in [1.165, 1.54) is 17.4 Å². The molecule has 3 aromatic rings. The number of carbonyl (C=O) groups is 1. The van der Waals surface area contributed by atoms with Crippen LogP contribution in [0.5, 0.6) is 0 Å². The fraction of sp³-hybridized carbons (Fsp3) is 0.211. The molecular weight excluding hydrogens is 396 g/mol. The first kappa shape index (κ1) is 18.6. The number of rotatable bonds is 4. The number of anilines is 2. The average Bonchev–Trinajstić information content (AvgIpc) is 3.35. The van der Waals surface area contributed by atoms with Crippen molar-refractivity contribution in [1.29, 1.82) is 0 Å². The molecule has 0 aliphatic carbocycles. The normalized spacial score (nSPS) is 14.5. The van der Waals surface area contributed by atoms with Gasteiger partial charge in [-0.1, -0.05) is 11.3 Å². The predicted octanol–water partition coefficient (Wildman–Crippen LogP) is 3.25. The van der Waals surface area contributed by atoms with Crippen molar-refractivity contribution in [2.75, 3.05) is 36.5 Å². The zero-order valence-electron chi connectivity index (χ0n) is 14.9. The second-order valence-corrected chi connectivity index (χ2v) is 7.50. The van der Waals surface area contributed by atoms with E-state index in [1.807, 2.05) is 6.07 Å². The molecule has 0 spiro atoms. The molecule has 3 heterocycles. The van der Waals surface area contributed by atoms with Crippen molar-refractivity contribution < 1.29 is 13.9 Å². The summed E-state index contributed by atoms with van der Waals surface area (Å²) < 4.78 is 11.6. The highest BCUT2D eigenvalue weighted by Crippen LogP contribution is 2.30. The molecule has 9 heteroatoms. The zero-order chi connectivity index (χ0) is 19.3. The van der Waals surface area contributed by atoms with E-state index in [4.69, 9.17) is 21.4 Å². The number of furan rings is 1. The van der Waals surface area contributed by atoms with Crippen molar-refractivity contribution in [1.82, 2.24) is 10.3 Å². The molecule has 1 fully saturated rings. The molecule has 0 bridgehead atoms. The number of ether oxygens (including phenoxy) is 1. The number of morpholine rings is 1. The maximum absolute atomic E-state index is 11.9. The van der Waals surface area contributed by atoms with Gasteiger partial charge < -0.3 is 19.4 Å². The molecule has 0 saturated carbocycles. The Bertz CT molecular complexity index is 1010. The molecule has 0 atom stereocenters. The van der Waals surface area contributed by atoms with Gasteiger partial charge in [-0.2, -0.15) is 0 Å². The quantitative estimate of drug-likeness (QED) is 0.501. The topological polar surface area (TPSA) is 79.6 Å². The predicted molar refractivity (Wildman–Crippen MR) is 115 cm³/mol. The van der Waals surface area contributed by atoms with E-state index in [-0.39, 0.29) is 11.0 Å². The minimum Gasteiger partial charge on any atom is -0.465 e. The summed E-state index contributed by atoms with van der Waals surface area (Å²) in [6.07, 6.45) is 4.48. The van der Waals surface area contributed by atoms with Crippen LogP contribution < -0.4 is 15.5 Å². The summed E-state index contributed by atoms with van der Waals surface area (Å²) in [6, 6.07) is 9.69. The minimum atomic E-state index is -0.343. The molecule has 2 N–H and O–H groups in total. The lowest BCUT2D eigenvalue weighted by atomic mass is 10.2. The summed E-state index contributed by atoms with van der Waals surface area (Å²) in [5, 5.41) is 6.40. The van der Waals surface area contributed by atoms with Crippen LogP contribution in [0.15, 0.2) is 47.1 Å². The standard InChI is InChI=1S/C19H18N4O3S2/c24-17(6-4-14-2-1-9-26-14)21-18(27)22-19-20-15-5-3-13(12-16(15)28-19)23-7-10-25-11-8-23/h1-6,9,12H,7-8,10-11H2,(H2,20,21,22,24,27)/b6-4+. The lowest BCUT2D eigenvalue weighted by Crippen LogP contribution is -2.36. The van der Waals surface area contributed by atoms with Gasteiger partial charge in [0, 0.05) is 24.9 Å². The number of aromatic nitrogens is 1. The van der Waals surface area contributed by atoms with Crippen molar-refractivity contribution in [3.05, 3.63) is 48.4 Å². The first-order chi connectivity index (χ1) is 13.7. The Morgan fingerprint density at radius 3 is 2.93 bits per heavy atom. The van der Waals surface area contributed by atoms with Gasteiger partial charge in [-0.3, -0.25) is 10.1 Å². The number of nitrogens with zero attached hydrogens (tertiary/aromatic N) is 2. The van der Waals surface area contributed by atoms with Gasteiger partial charge in [0.25, 0.3) is 0 Å². The molecule has 1 amide bonds. The van der Waals surface area contributed by atoms with Gasteiger partial charge >= 0.3 is 0 Å². The van der Waals surface area contributed by atoms with Crippen LogP contribution in [0.1, 0.15) is 5.76 Å². The van der Waals surface area contributed by atoms with Crippen molar-refractivity contribution >= 4 is 61.7 Å². The average molecular weight is 415 g/mol. The maximum atomic E-state index is 11.9. The van der Waals surface area contributed by atoms with Crippen LogP contribution in [-0.2, 0) is 9.53 Å². The molecule has 1 saturated heterocycles. The number of carbonyl (C=O) groups excluding carboxylic acids is 1. The van der Waals surface area contributed by atoms with Crippen molar-refractivity contribution in [3.8, 4) is 0 Å². The second-order valence-electron chi connectivity index (χ2n) is 6.06. The minimum absolute atomic E-state index is 0.196. The smallest absolute Gasteiger partial charge is 0.250 e. The monoisotopic (exact) mass is 414 g/mol. The fourth-order valence-corrected chi connectivity index (χ4v) is 3.98. The Morgan fingerprint density at radius 1 is 1.29 bits per heavy atom. The SMILES string of the molecule is O=C(/C=C/c1ccco1)NC(=S)Nc1nc2ccc(N3CCOCC3)cc2s1. The Hall–Kier alpha value is -2.75. The molecule has 1 aliphatic rings. The van der Waals surface area contributed by atoms with Gasteiger partial charge in [-0.25, -0.2) is 4.98 Å². The fourth-order valence-electron chi connectivity index (χ4n) is 2.81. The van der Waals surface area contributed by atoms with Crippen LogP contribution in [0, 0.1) is 0 Å². The van der Waals surface area contributed by atoms with Crippen LogP contribution in [0.25, 0.3) is 16.3 Å². The van der Waals surface area contributed by atoms with Crippen molar-refractivity contribution in [3.63, 3.8) is 0 Å². The zero-order valence-corrected chi connectivity index (χ0v) is 16.5. The molecule has 144 valence electrons. The number of thiazole rings is 1. The molecule has 1 aliphatic heterocycles. The molecule has 1 aromatic carbocycles. The number of benzene rings is 1. The highest BCUT2D eigenvalue weighted by atomic mass is 32.1. The third-order valence-electron chi connectivity index (χ3n) is 4.15. The highest BCUT2D eigenvalue weighted by molar-refractivity contribution is 7.80. The first-order valence-corrected chi connectivity index (χ1v) is 9.97. The number of hydrogen-bond acceptors (Lipinski definition) is 7. The van der Waals surface area contributed by atoms with E-state index >= 15 is 0 Å². The Morgan fingerprint density at radius 2 is 2.14 bits per heavy atom. The van der Waals surface area contributed by atoms with Gasteiger partial charge in [-0.05, 0) is 48.6 Å². The number of amides is 1. The van der Waals surface area contributed by atoms with E-state index < -0.39 is 0 Å². The van der Waals surface area contributed by atoms with Crippen LogP contribution in [-0.4, -0.2) is 42.3 Å². The van der Waals surface area contributed by atoms with Gasteiger partial charge in [0.05, 0.1) is 29.7 Å². The van der Waals surface area contributed by atoms with Crippen LogP contribution in [0.2, 0.25) is 0 Å². The summed E-state index contributed by atoms with van der Waals surface area (Å²) in [4.78, 5) is 18.8. The van der Waals surface area contributed by atoms with Crippen LogP contribution in [0.3, 0.4) is 0 Å². The van der Waals surface area contributed by atoms with Crippen LogP contribution in [0.4, 0.5) is 10.8 Å². The molecule has 7 nitrogen and oxygen atoms in total. The molecular formula is C19H18N4O3S2. The van der Waals surface area contributed by atoms with Crippen molar-refractivity contribution in [2.24, 2.45) is 0 Å². The van der Waals surface area contributed by atoms with E-state index in [9.17, 15) is 4.79 Å². The van der Waals surface area contributed by atoms with E-state index in [0.29, 0.717) is 10.9 Å². The summed E-state index contributed by atoms with van der Waals surface area (Å²) >= 11 is 6.69. The number of nitrogens with one attached hydrogen (secondary N) is 2. The number of thiocarbonyl (C=S) groups is 1. The van der Waals surface area contributed by atoms with Gasteiger partial charge in [0.15, 0.2) is 10.2 Å². The second kappa shape index (κ2) is 8.51. The Labute approximate surface area is 171 Å². The first-order valence-electron chi connectivity index (χ1n) is 8.74. The summed E-state index contributed by atoms with van der Waals surface area (Å²) in [5.41, 5.74) is 2.04. The molecule has 0 radical (unpaired) electrons. The summed E-state index contributed by atoms with van der Waals surface area (Å²) in [7, 11) is 0. The molecule has 2 aromatic heterocycles. The van der Waals surface area contributed by atoms with Crippen LogP contribution >= 0.6 is 23.6 Å². The van der Waals surface area contributed by atoms with E-state index in [0.717, 1.165) is 42.2 Å². The lowest BCUT2D eigenvalue weighted by molar-refractivity contribution is -0.115. The van der Waals surface area contributed by atoms with Crippen molar-refractivity contribution in [2.45, 2.75) is 0 Å². The maximum Gasteiger partial charge on any atom is 0.250 e. The van der Waals surface area contributed by atoms with Gasteiger partial charge in [0.1, 0.15) is 5.76 Å². The summed E-state index contributed by atoms with van der Waals surface area (Å²) in [5.74, 6) is 0.251. The highest BCUT2D eigenvalue weighted by Gasteiger charge is 2.13. The van der Waals surface area contributed by atoms with E-state index in [2.05, 4.69) is 32.7 Å². The Balaban J connectivity index is 1.38. The lowest BCUT2D eigenvalue weighted by Gasteiger charge is -2.28. The largest absolute Gasteiger partial charge is 0.465 e. The third kappa shape index (κ3) is 4.56. The van der Waals surface area contributed by atoms with Gasteiger partial charge in [-0.15, -0.1) is 0 Å². The molecule has 0 unspecified atom stereocenters. The summed E-state index contributed by atoms with van der Waals surface area (Å²) in [6.45, 7) is 3.26. The molecule has 28 heavy (non-hydrogen) atoms. The Kier molecular flexibility index (Phi) is 5.65. The number of fused-ring (bicyclic) bond motifs is 1. The van der Waals surface area contributed by atoms with Gasteiger partial charge in [0.2, 0.25) is 5.91 Å². The number of hydrogen-bond donors (Lipinski definition) is 2. The third-order valence-corrected chi connectivity index (χ3v) is 5.29. The van der Waals surface area contributed by atoms with E-state index in [1.54, 1.807) is 24.5 Å². The molecule has 4 rings (SSSR count).